The molecule has 0 heterocycles. The molecule has 0 fully saturated rings. The molecular weight excluding hydrogens is 184 g/mol. The highest BCUT2D eigenvalue weighted by Crippen LogP contribution is 2.27. The minimum Gasteiger partial charge on any atom is -0.167 e. The van der Waals surface area contributed by atoms with Gasteiger partial charge in [-0.3, -0.25) is 0 Å². The van der Waals surface area contributed by atoms with Crippen molar-refractivity contribution in [2.45, 2.75) is 48.5 Å². The first-order valence-electron chi connectivity index (χ1n) is 5.32. The molecule has 0 N–H and O–H groups in total. The number of hydrogen-bond donors (Lipinski definition) is 0. The molecule has 2 nitrogen and oxygen atoms in total. The predicted molar refractivity (Wildman–Crippen MR) is 69.7 cm³/mol. The second-order valence-electron chi connectivity index (χ2n) is 5.95. The Morgan fingerprint density at radius 3 is 1.73 bits per heavy atom. The Morgan fingerprint density at radius 2 is 1.47 bits per heavy atom. The van der Waals surface area contributed by atoms with E-state index in [1.807, 2.05) is 0 Å². The molecule has 0 aromatic rings. The van der Waals surface area contributed by atoms with Crippen LogP contribution in [0.25, 0.3) is 0 Å². The molecular formula is C13H24N2. The van der Waals surface area contributed by atoms with E-state index in [1.54, 1.807) is 0 Å². The number of allylic oxidation sites excluding steroid dienone is 2. The lowest BCUT2D eigenvalue weighted by atomic mass is 9.83. The quantitative estimate of drug-likeness (QED) is 0.482. The van der Waals surface area contributed by atoms with Crippen LogP contribution in [0.15, 0.2) is 21.9 Å². The molecule has 0 aliphatic rings. The van der Waals surface area contributed by atoms with Gasteiger partial charge in [0.15, 0.2) is 0 Å². The Balaban J connectivity index is 5.19. The van der Waals surface area contributed by atoms with E-state index in [0.717, 1.165) is 5.71 Å². The van der Waals surface area contributed by atoms with E-state index < -0.39 is 0 Å². The molecule has 0 spiro atoms. The van der Waals surface area contributed by atoms with Gasteiger partial charge in [-0.2, -0.15) is 10.2 Å². The molecule has 0 saturated heterocycles. The van der Waals surface area contributed by atoms with Crippen molar-refractivity contribution in [2.24, 2.45) is 21.0 Å². The highest BCUT2D eigenvalue weighted by molar-refractivity contribution is 5.99. The van der Waals surface area contributed by atoms with Crippen LogP contribution in [-0.4, -0.2) is 12.4 Å². The molecule has 0 radical (unpaired) electrons. The van der Waals surface area contributed by atoms with Crippen molar-refractivity contribution >= 4 is 12.4 Å². The van der Waals surface area contributed by atoms with E-state index in [2.05, 4.69) is 71.5 Å². The number of rotatable bonds is 2. The maximum atomic E-state index is 4.10. The van der Waals surface area contributed by atoms with Crippen LogP contribution in [0.2, 0.25) is 0 Å². The Hall–Kier alpha value is -0.920. The maximum absolute atomic E-state index is 4.10. The van der Waals surface area contributed by atoms with Crippen molar-refractivity contribution in [3.8, 4) is 0 Å². The second kappa shape index (κ2) is 4.73. The van der Waals surface area contributed by atoms with E-state index in [-0.39, 0.29) is 10.8 Å². The van der Waals surface area contributed by atoms with Gasteiger partial charge in [0.2, 0.25) is 0 Å². The first-order chi connectivity index (χ1) is 6.59. The third-order valence-corrected chi connectivity index (χ3v) is 2.48. The van der Waals surface area contributed by atoms with E-state index >= 15 is 0 Å². The molecule has 0 amide bonds. The zero-order chi connectivity index (χ0) is 12.3. The van der Waals surface area contributed by atoms with Crippen molar-refractivity contribution in [1.29, 1.82) is 0 Å². The summed E-state index contributed by atoms with van der Waals surface area (Å²) in [6.45, 7) is 18.5. The largest absolute Gasteiger partial charge is 0.167 e. The molecule has 0 unspecified atom stereocenters. The molecule has 2 heteroatoms. The molecule has 0 bridgehead atoms. The van der Waals surface area contributed by atoms with E-state index in [9.17, 15) is 0 Å². The first kappa shape index (κ1) is 14.1. The fraction of sp³-hybridized carbons (Fsp3) is 0.692. The standard InChI is InChI=1S/C13H24N2/c1-10(12(2,3)4)9-11(15-14-8)13(5,6)7/h9H,8H2,1-7H3/b10-9+,15-11+. The molecule has 0 aliphatic carbocycles. The fourth-order valence-electron chi connectivity index (χ4n) is 0.893. The Kier molecular flexibility index (Phi) is 4.44. The SMILES string of the molecule is C=N/N=C(\C=C(/C)C(C)(C)C)C(C)(C)C. The zero-order valence-corrected chi connectivity index (χ0v) is 11.2. The number of hydrogen-bond acceptors (Lipinski definition) is 2. The molecule has 0 aromatic heterocycles. The summed E-state index contributed by atoms with van der Waals surface area (Å²) in [5, 5.41) is 7.73. The van der Waals surface area contributed by atoms with Crippen molar-refractivity contribution in [3.05, 3.63) is 11.6 Å². The van der Waals surface area contributed by atoms with Crippen molar-refractivity contribution < 1.29 is 0 Å². The van der Waals surface area contributed by atoms with Crippen LogP contribution in [0, 0.1) is 10.8 Å². The van der Waals surface area contributed by atoms with Crippen LogP contribution in [0.1, 0.15) is 48.5 Å². The Labute approximate surface area is 94.2 Å². The van der Waals surface area contributed by atoms with Gasteiger partial charge >= 0.3 is 0 Å². The second-order valence-corrected chi connectivity index (χ2v) is 5.95. The lowest BCUT2D eigenvalue weighted by Gasteiger charge is -2.23. The molecule has 15 heavy (non-hydrogen) atoms. The van der Waals surface area contributed by atoms with Gasteiger partial charge in [-0.1, -0.05) is 47.1 Å². The average molecular weight is 208 g/mol. The predicted octanol–water partition coefficient (Wildman–Crippen LogP) is 4.08. The van der Waals surface area contributed by atoms with E-state index in [4.69, 9.17) is 0 Å². The summed E-state index contributed by atoms with van der Waals surface area (Å²) in [5.41, 5.74) is 2.46. The summed E-state index contributed by atoms with van der Waals surface area (Å²) in [7, 11) is 0. The lowest BCUT2D eigenvalue weighted by molar-refractivity contribution is 0.503. The van der Waals surface area contributed by atoms with Gasteiger partial charge in [0.05, 0.1) is 5.71 Å². The van der Waals surface area contributed by atoms with E-state index in [1.165, 1.54) is 5.57 Å². The van der Waals surface area contributed by atoms with Gasteiger partial charge in [-0.25, -0.2) is 0 Å². The Morgan fingerprint density at radius 1 is 1.00 bits per heavy atom. The van der Waals surface area contributed by atoms with Crippen molar-refractivity contribution in [3.63, 3.8) is 0 Å². The molecule has 0 rings (SSSR count). The molecule has 0 aromatic carbocycles. The molecule has 86 valence electrons. The minimum atomic E-state index is 0.00764. The van der Waals surface area contributed by atoms with E-state index in [0.29, 0.717) is 0 Å². The molecule has 0 atom stereocenters. The smallest absolute Gasteiger partial charge is 0.0683 e. The average Bonchev–Trinajstić information content (AvgIpc) is 1.99. The highest BCUT2D eigenvalue weighted by atomic mass is 15.2. The monoisotopic (exact) mass is 208 g/mol. The van der Waals surface area contributed by atoms with Crippen LogP contribution in [0.5, 0.6) is 0 Å². The van der Waals surface area contributed by atoms with Gasteiger partial charge in [0.25, 0.3) is 0 Å². The fourth-order valence-corrected chi connectivity index (χ4v) is 0.893. The third kappa shape index (κ3) is 4.91. The first-order valence-corrected chi connectivity index (χ1v) is 5.32. The van der Waals surface area contributed by atoms with Crippen LogP contribution in [0.4, 0.5) is 0 Å². The Bertz CT molecular complexity index is 283. The zero-order valence-electron chi connectivity index (χ0n) is 11.2. The summed E-state index contributed by atoms with van der Waals surface area (Å²) in [6.07, 6.45) is 2.12. The van der Waals surface area contributed by atoms with Crippen LogP contribution in [0.3, 0.4) is 0 Å². The van der Waals surface area contributed by atoms with Crippen LogP contribution >= 0.6 is 0 Å². The summed E-state index contributed by atoms with van der Waals surface area (Å²) in [5.74, 6) is 0. The van der Waals surface area contributed by atoms with Crippen LogP contribution in [-0.2, 0) is 0 Å². The third-order valence-electron chi connectivity index (χ3n) is 2.48. The lowest BCUT2D eigenvalue weighted by Crippen LogP contribution is -2.20. The minimum absolute atomic E-state index is 0.00764. The maximum Gasteiger partial charge on any atom is 0.0683 e. The summed E-state index contributed by atoms with van der Waals surface area (Å²) in [6, 6.07) is 0. The topological polar surface area (TPSA) is 24.7 Å². The summed E-state index contributed by atoms with van der Waals surface area (Å²) < 4.78 is 0. The summed E-state index contributed by atoms with van der Waals surface area (Å²) in [4.78, 5) is 0. The van der Waals surface area contributed by atoms with Gasteiger partial charge in [0, 0.05) is 12.1 Å². The van der Waals surface area contributed by atoms with Crippen molar-refractivity contribution in [1.82, 2.24) is 0 Å². The normalized spacial score (nSPS) is 15.4. The van der Waals surface area contributed by atoms with Gasteiger partial charge in [-0.15, -0.1) is 0 Å². The van der Waals surface area contributed by atoms with Crippen molar-refractivity contribution in [2.75, 3.05) is 0 Å². The summed E-state index contributed by atoms with van der Waals surface area (Å²) >= 11 is 0. The number of nitrogens with zero attached hydrogens (tertiary/aromatic N) is 2. The molecule has 0 saturated carbocycles. The van der Waals surface area contributed by atoms with Gasteiger partial charge in [0.1, 0.15) is 0 Å². The van der Waals surface area contributed by atoms with Crippen LogP contribution < -0.4 is 0 Å². The van der Waals surface area contributed by atoms with Gasteiger partial charge < -0.3 is 0 Å². The highest BCUT2D eigenvalue weighted by Gasteiger charge is 2.20. The molecule has 0 aliphatic heterocycles. The van der Waals surface area contributed by atoms with Gasteiger partial charge in [-0.05, 0) is 18.4 Å².